The Kier molecular flexibility index (Phi) is 21.0. The molecule has 0 spiro atoms. The number of hydrogen-bond acceptors (Lipinski definition) is 5. The van der Waals surface area contributed by atoms with Crippen LogP contribution in [0.1, 0.15) is 25.7 Å². The molecule has 0 unspecified atom stereocenters. The van der Waals surface area contributed by atoms with Gasteiger partial charge in [-0.1, -0.05) is 35.4 Å². The first kappa shape index (κ1) is 21.5. The van der Waals surface area contributed by atoms with Crippen molar-refractivity contribution in [2.45, 2.75) is 25.7 Å². The maximum Gasteiger partial charge on any atom is 0.0701 e. The fourth-order valence-corrected chi connectivity index (χ4v) is 2.10. The molecule has 0 radical (unpaired) electrons. The molecule has 0 aliphatic carbocycles. The summed E-state index contributed by atoms with van der Waals surface area (Å²) in [7, 11) is 1.66. The maximum absolute atomic E-state index is 5.50. The first-order valence-corrected chi connectivity index (χ1v) is 9.30. The van der Waals surface area contributed by atoms with Gasteiger partial charge in [-0.2, -0.15) is 0 Å². The lowest BCUT2D eigenvalue weighted by atomic mass is 10.2. The molecule has 0 aromatic heterocycles. The number of halogens is 1. The van der Waals surface area contributed by atoms with Gasteiger partial charge in [0.2, 0.25) is 0 Å². The fourth-order valence-electron chi connectivity index (χ4n) is 1.56. The summed E-state index contributed by atoms with van der Waals surface area (Å²) in [6.45, 7) is 5.81. The van der Waals surface area contributed by atoms with Crippen LogP contribution in [0, 0.1) is 0 Å². The minimum atomic E-state index is 0.598. The average molecular weight is 418 g/mol. The van der Waals surface area contributed by atoms with E-state index in [4.69, 9.17) is 23.7 Å². The largest absolute Gasteiger partial charge is 0.382 e. The van der Waals surface area contributed by atoms with Gasteiger partial charge in [-0.25, -0.2) is 0 Å². The van der Waals surface area contributed by atoms with Gasteiger partial charge in [-0.05, 0) is 17.3 Å². The molecule has 0 rings (SSSR count). The lowest BCUT2D eigenvalue weighted by Gasteiger charge is -2.07. The predicted octanol–water partition coefficient (Wildman–Crippen LogP) is 2.69. The van der Waals surface area contributed by atoms with E-state index in [2.05, 4.69) is 22.6 Å². The Morgan fingerprint density at radius 1 is 0.524 bits per heavy atom. The summed E-state index contributed by atoms with van der Waals surface area (Å²) >= 11 is 2.42. The van der Waals surface area contributed by atoms with Crippen LogP contribution in [-0.2, 0) is 23.7 Å². The molecule has 0 bridgehead atoms. The SMILES string of the molecule is COCCOCCOCCOCCOCCCCCCI. The van der Waals surface area contributed by atoms with Crippen molar-refractivity contribution in [1.29, 1.82) is 0 Å². The van der Waals surface area contributed by atoms with Crippen LogP contribution in [0.25, 0.3) is 0 Å². The molecular weight excluding hydrogens is 387 g/mol. The summed E-state index contributed by atoms with van der Waals surface area (Å²) in [5.74, 6) is 0. The lowest BCUT2D eigenvalue weighted by molar-refractivity contribution is -0.00800. The maximum atomic E-state index is 5.50. The molecule has 0 aliphatic heterocycles. The van der Waals surface area contributed by atoms with E-state index < -0.39 is 0 Å². The van der Waals surface area contributed by atoms with Crippen molar-refractivity contribution >= 4 is 22.6 Å². The molecule has 0 saturated carbocycles. The minimum absolute atomic E-state index is 0.598. The van der Waals surface area contributed by atoms with Gasteiger partial charge in [0.1, 0.15) is 0 Å². The molecule has 5 nitrogen and oxygen atoms in total. The summed E-state index contributed by atoms with van der Waals surface area (Å²) in [6.07, 6.45) is 5.06. The average Bonchev–Trinajstić information content (AvgIpc) is 2.50. The Bertz CT molecular complexity index is 165. The van der Waals surface area contributed by atoms with E-state index in [1.165, 1.54) is 23.7 Å². The quantitative estimate of drug-likeness (QED) is 0.195. The van der Waals surface area contributed by atoms with Gasteiger partial charge in [-0.3, -0.25) is 0 Å². The Morgan fingerprint density at radius 2 is 0.952 bits per heavy atom. The van der Waals surface area contributed by atoms with Crippen LogP contribution in [0.4, 0.5) is 0 Å². The fraction of sp³-hybridized carbons (Fsp3) is 1.00. The van der Waals surface area contributed by atoms with Crippen LogP contribution in [-0.4, -0.2) is 71.0 Å². The second-order valence-corrected chi connectivity index (χ2v) is 5.62. The molecule has 21 heavy (non-hydrogen) atoms. The van der Waals surface area contributed by atoms with Crippen molar-refractivity contribution in [3.8, 4) is 0 Å². The van der Waals surface area contributed by atoms with Crippen molar-refractivity contribution in [2.24, 2.45) is 0 Å². The van der Waals surface area contributed by atoms with Gasteiger partial charge in [0.15, 0.2) is 0 Å². The van der Waals surface area contributed by atoms with Crippen LogP contribution in [0.5, 0.6) is 0 Å². The van der Waals surface area contributed by atoms with Crippen molar-refractivity contribution in [1.82, 2.24) is 0 Å². The van der Waals surface area contributed by atoms with Crippen molar-refractivity contribution in [3.05, 3.63) is 0 Å². The smallest absolute Gasteiger partial charge is 0.0701 e. The zero-order valence-corrected chi connectivity index (χ0v) is 15.5. The van der Waals surface area contributed by atoms with Crippen LogP contribution < -0.4 is 0 Å². The molecule has 0 fully saturated rings. The highest BCUT2D eigenvalue weighted by Gasteiger charge is 1.93. The second kappa shape index (κ2) is 20.5. The first-order valence-electron chi connectivity index (χ1n) is 7.77. The number of unbranched alkanes of at least 4 members (excludes halogenated alkanes) is 3. The third-order valence-corrected chi connectivity index (χ3v) is 3.48. The molecule has 0 amide bonds. The molecule has 128 valence electrons. The van der Waals surface area contributed by atoms with E-state index in [1.54, 1.807) is 7.11 Å². The van der Waals surface area contributed by atoms with Gasteiger partial charge >= 0.3 is 0 Å². The van der Waals surface area contributed by atoms with E-state index in [9.17, 15) is 0 Å². The highest BCUT2D eigenvalue weighted by Crippen LogP contribution is 2.02. The Morgan fingerprint density at radius 3 is 1.43 bits per heavy atom. The van der Waals surface area contributed by atoms with Gasteiger partial charge in [0, 0.05) is 13.7 Å². The summed E-state index contributed by atoms with van der Waals surface area (Å²) in [5, 5.41) is 0. The Hall–Kier alpha value is 0.530. The van der Waals surface area contributed by atoms with Crippen molar-refractivity contribution < 1.29 is 23.7 Å². The van der Waals surface area contributed by atoms with E-state index in [1.807, 2.05) is 0 Å². The van der Waals surface area contributed by atoms with E-state index in [-0.39, 0.29) is 0 Å². The highest BCUT2D eigenvalue weighted by molar-refractivity contribution is 14.1. The van der Waals surface area contributed by atoms with Crippen LogP contribution in [0.2, 0.25) is 0 Å². The molecule has 0 heterocycles. The van der Waals surface area contributed by atoms with Gasteiger partial charge < -0.3 is 23.7 Å². The molecule has 0 saturated heterocycles. The summed E-state index contributed by atoms with van der Waals surface area (Å²) in [6, 6.07) is 0. The van der Waals surface area contributed by atoms with E-state index >= 15 is 0 Å². The third kappa shape index (κ3) is 20.5. The van der Waals surface area contributed by atoms with Crippen molar-refractivity contribution in [3.63, 3.8) is 0 Å². The zero-order valence-electron chi connectivity index (χ0n) is 13.3. The normalized spacial score (nSPS) is 11.1. The minimum Gasteiger partial charge on any atom is -0.382 e. The van der Waals surface area contributed by atoms with Crippen LogP contribution >= 0.6 is 22.6 Å². The third-order valence-electron chi connectivity index (χ3n) is 2.72. The molecule has 0 aromatic carbocycles. The van der Waals surface area contributed by atoms with Crippen LogP contribution in [0.3, 0.4) is 0 Å². The number of methoxy groups -OCH3 is 1. The Balaban J connectivity index is 2.90. The first-order chi connectivity index (χ1) is 10.4. The number of ether oxygens (including phenoxy) is 5. The standard InChI is InChI=1S/C15H31IO5/c1-17-8-9-19-12-13-21-15-14-20-11-10-18-7-5-3-2-4-6-16/h2-15H2,1H3. The predicted molar refractivity (Wildman–Crippen MR) is 92.5 cm³/mol. The van der Waals surface area contributed by atoms with Gasteiger partial charge in [0.05, 0.1) is 52.9 Å². The summed E-state index contributed by atoms with van der Waals surface area (Å²) in [4.78, 5) is 0. The topological polar surface area (TPSA) is 46.2 Å². The molecular formula is C15H31IO5. The van der Waals surface area contributed by atoms with Gasteiger partial charge in [-0.15, -0.1) is 0 Å². The lowest BCUT2D eigenvalue weighted by Crippen LogP contribution is -2.13. The monoisotopic (exact) mass is 418 g/mol. The summed E-state index contributed by atoms with van der Waals surface area (Å²) in [5.41, 5.74) is 0. The van der Waals surface area contributed by atoms with E-state index in [0.29, 0.717) is 52.9 Å². The van der Waals surface area contributed by atoms with E-state index in [0.717, 1.165) is 13.0 Å². The van der Waals surface area contributed by atoms with Gasteiger partial charge in [0.25, 0.3) is 0 Å². The number of rotatable bonds is 18. The zero-order chi connectivity index (χ0) is 15.4. The highest BCUT2D eigenvalue weighted by atomic mass is 127. The van der Waals surface area contributed by atoms with Crippen LogP contribution in [0.15, 0.2) is 0 Å². The molecule has 0 aliphatic rings. The summed E-state index contributed by atoms with van der Waals surface area (Å²) < 4.78 is 27.7. The number of hydrogen-bond donors (Lipinski definition) is 0. The Labute approximate surface area is 143 Å². The molecule has 0 atom stereocenters. The molecule has 0 N–H and O–H groups in total. The molecule has 0 aromatic rings. The second-order valence-electron chi connectivity index (χ2n) is 4.55. The number of alkyl halides is 1. The van der Waals surface area contributed by atoms with Crippen molar-refractivity contribution in [2.75, 3.05) is 71.0 Å². The molecule has 6 heteroatoms.